The number of nitrogens with zero attached hydrogens (tertiary/aromatic N) is 2. The van der Waals surface area contributed by atoms with E-state index >= 15 is 0 Å². The Balaban J connectivity index is 2.27. The maximum absolute atomic E-state index is 6.51. The zero-order valence-corrected chi connectivity index (χ0v) is 11.2. The Kier molecular flexibility index (Phi) is 3.33. The number of thiazole rings is 1. The highest BCUT2D eigenvalue weighted by atomic mass is 32.1. The minimum atomic E-state index is -0.212. The van der Waals surface area contributed by atoms with Crippen molar-refractivity contribution in [1.29, 1.82) is 0 Å². The van der Waals surface area contributed by atoms with Crippen LogP contribution in [0, 0.1) is 6.92 Å². The van der Waals surface area contributed by atoms with Crippen LogP contribution < -0.4 is 5.73 Å². The number of likely N-dealkylation sites (tertiary alicyclic amines) is 1. The second-order valence-electron chi connectivity index (χ2n) is 4.87. The van der Waals surface area contributed by atoms with Crippen molar-refractivity contribution in [2.45, 2.75) is 38.6 Å². The number of rotatable bonds is 2. The maximum Gasteiger partial charge on any atom is 0.114 e. The molecule has 90 valence electrons. The molecule has 3 nitrogen and oxygen atoms in total. The minimum Gasteiger partial charge on any atom is -0.318 e. The molecule has 2 N–H and O–H groups in total. The van der Waals surface area contributed by atoms with Gasteiger partial charge in [-0.3, -0.25) is 0 Å². The van der Waals surface area contributed by atoms with Gasteiger partial charge in [0.1, 0.15) is 5.01 Å². The average molecular weight is 239 g/mol. The Labute approximate surface area is 102 Å². The molecule has 0 spiro atoms. The molecule has 1 aromatic rings. The van der Waals surface area contributed by atoms with Crippen molar-refractivity contribution >= 4 is 11.3 Å². The highest BCUT2D eigenvalue weighted by molar-refractivity contribution is 7.11. The number of nitrogens with two attached hydrogens (primary N) is 1. The Hall–Kier alpha value is -0.450. The molecule has 0 aromatic carbocycles. The zero-order valence-electron chi connectivity index (χ0n) is 10.4. The Morgan fingerprint density at radius 2 is 2.31 bits per heavy atom. The third-order valence-corrected chi connectivity index (χ3v) is 4.60. The predicted molar refractivity (Wildman–Crippen MR) is 68.8 cm³/mol. The summed E-state index contributed by atoms with van der Waals surface area (Å²) in [5.74, 6) is 0. The number of hydrogen-bond acceptors (Lipinski definition) is 4. The molecule has 1 aliphatic rings. The number of hydrogen-bond donors (Lipinski definition) is 1. The van der Waals surface area contributed by atoms with Gasteiger partial charge in [0, 0.05) is 11.4 Å². The third kappa shape index (κ3) is 2.14. The van der Waals surface area contributed by atoms with Crippen LogP contribution in [0.1, 0.15) is 35.3 Å². The topological polar surface area (TPSA) is 42.1 Å². The predicted octanol–water partition coefficient (Wildman–Crippen LogP) is 1.89. The average Bonchev–Trinajstić information content (AvgIpc) is 2.60. The first kappa shape index (κ1) is 12.0. The highest BCUT2D eigenvalue weighted by Crippen LogP contribution is 2.32. The summed E-state index contributed by atoms with van der Waals surface area (Å²) in [6, 6.07) is 0. The molecule has 0 aliphatic carbocycles. The van der Waals surface area contributed by atoms with Gasteiger partial charge in [-0.25, -0.2) is 4.98 Å². The summed E-state index contributed by atoms with van der Waals surface area (Å²) in [6.45, 7) is 6.39. The first-order chi connectivity index (χ1) is 7.55. The summed E-state index contributed by atoms with van der Waals surface area (Å²) in [7, 11) is 2.14. The summed E-state index contributed by atoms with van der Waals surface area (Å²) in [4.78, 5) is 8.37. The number of likely N-dealkylation sites (N-methyl/N-ethyl adjacent to an activating group) is 1. The van der Waals surface area contributed by atoms with Crippen LogP contribution in [-0.4, -0.2) is 30.0 Å². The van der Waals surface area contributed by atoms with E-state index < -0.39 is 0 Å². The van der Waals surface area contributed by atoms with Crippen molar-refractivity contribution in [3.8, 4) is 0 Å². The molecule has 0 amide bonds. The van der Waals surface area contributed by atoms with Gasteiger partial charge in [0.15, 0.2) is 0 Å². The van der Waals surface area contributed by atoms with E-state index in [1.54, 1.807) is 11.3 Å². The maximum atomic E-state index is 6.51. The number of aryl methyl sites for hydroxylation is 2. The Bertz CT molecular complexity index is 374. The standard InChI is InChI=1S/C12H21N3S/c1-4-10-9(2)16-11(14-10)12(13)6-5-7-15(3)8-12/h4-8,13H2,1-3H3. The molecule has 2 rings (SSSR count). The van der Waals surface area contributed by atoms with Gasteiger partial charge in [-0.05, 0) is 39.8 Å². The lowest BCUT2D eigenvalue weighted by Crippen LogP contribution is -2.50. The largest absolute Gasteiger partial charge is 0.318 e. The van der Waals surface area contributed by atoms with Crippen molar-refractivity contribution in [3.63, 3.8) is 0 Å². The Morgan fingerprint density at radius 1 is 1.56 bits per heavy atom. The van der Waals surface area contributed by atoms with Gasteiger partial charge in [0.05, 0.1) is 11.2 Å². The molecule has 1 atom stereocenters. The van der Waals surface area contributed by atoms with Crippen molar-refractivity contribution in [2.75, 3.05) is 20.1 Å². The lowest BCUT2D eigenvalue weighted by molar-refractivity contribution is 0.179. The molecule has 0 radical (unpaired) electrons. The summed E-state index contributed by atoms with van der Waals surface area (Å²) in [5.41, 5.74) is 7.52. The van der Waals surface area contributed by atoms with Crippen LogP contribution in [0.3, 0.4) is 0 Å². The molecular formula is C12H21N3S. The zero-order chi connectivity index (χ0) is 11.8. The van der Waals surface area contributed by atoms with Gasteiger partial charge in [-0.15, -0.1) is 11.3 Å². The third-order valence-electron chi connectivity index (χ3n) is 3.37. The summed E-state index contributed by atoms with van der Waals surface area (Å²) in [6.07, 6.45) is 3.24. The fourth-order valence-electron chi connectivity index (χ4n) is 2.45. The monoisotopic (exact) mass is 239 g/mol. The van der Waals surface area contributed by atoms with E-state index in [2.05, 4.69) is 25.8 Å². The molecular weight excluding hydrogens is 218 g/mol. The van der Waals surface area contributed by atoms with Crippen molar-refractivity contribution in [1.82, 2.24) is 9.88 Å². The smallest absolute Gasteiger partial charge is 0.114 e. The van der Waals surface area contributed by atoms with Crippen LogP contribution in [0.25, 0.3) is 0 Å². The van der Waals surface area contributed by atoms with Gasteiger partial charge in [-0.2, -0.15) is 0 Å². The quantitative estimate of drug-likeness (QED) is 0.857. The molecule has 2 heterocycles. The van der Waals surface area contributed by atoms with Crippen LogP contribution in [-0.2, 0) is 12.0 Å². The first-order valence-electron chi connectivity index (χ1n) is 5.99. The second-order valence-corrected chi connectivity index (χ2v) is 6.08. The fraction of sp³-hybridized carbons (Fsp3) is 0.750. The van der Waals surface area contributed by atoms with Crippen LogP contribution in [0.5, 0.6) is 0 Å². The van der Waals surface area contributed by atoms with E-state index in [-0.39, 0.29) is 5.54 Å². The number of piperidine rings is 1. The van der Waals surface area contributed by atoms with Gasteiger partial charge >= 0.3 is 0 Å². The molecule has 1 aliphatic heterocycles. The van der Waals surface area contributed by atoms with Crippen LogP contribution in [0.2, 0.25) is 0 Å². The highest BCUT2D eigenvalue weighted by Gasteiger charge is 2.35. The lowest BCUT2D eigenvalue weighted by atomic mass is 9.91. The molecule has 1 unspecified atom stereocenters. The normalized spacial score (nSPS) is 27.2. The van der Waals surface area contributed by atoms with E-state index in [0.717, 1.165) is 30.9 Å². The van der Waals surface area contributed by atoms with E-state index in [9.17, 15) is 0 Å². The van der Waals surface area contributed by atoms with E-state index in [1.807, 2.05) is 0 Å². The van der Waals surface area contributed by atoms with Crippen LogP contribution >= 0.6 is 11.3 Å². The molecule has 4 heteroatoms. The fourth-order valence-corrected chi connectivity index (χ4v) is 3.57. The van der Waals surface area contributed by atoms with Crippen LogP contribution in [0.15, 0.2) is 0 Å². The molecule has 1 aromatic heterocycles. The second kappa shape index (κ2) is 4.43. The van der Waals surface area contributed by atoms with Gasteiger partial charge in [-0.1, -0.05) is 6.92 Å². The molecule has 0 saturated carbocycles. The van der Waals surface area contributed by atoms with E-state index in [0.29, 0.717) is 0 Å². The van der Waals surface area contributed by atoms with Crippen molar-refractivity contribution in [2.24, 2.45) is 5.73 Å². The van der Waals surface area contributed by atoms with E-state index in [1.165, 1.54) is 17.0 Å². The summed E-state index contributed by atoms with van der Waals surface area (Å²) in [5, 5.41) is 1.13. The minimum absolute atomic E-state index is 0.212. The summed E-state index contributed by atoms with van der Waals surface area (Å²) >= 11 is 1.78. The lowest BCUT2D eigenvalue weighted by Gasteiger charge is -2.37. The molecule has 0 bridgehead atoms. The van der Waals surface area contributed by atoms with Crippen molar-refractivity contribution in [3.05, 3.63) is 15.6 Å². The first-order valence-corrected chi connectivity index (χ1v) is 6.81. The molecule has 1 saturated heterocycles. The molecule has 1 fully saturated rings. The molecule has 16 heavy (non-hydrogen) atoms. The van der Waals surface area contributed by atoms with Crippen LogP contribution in [0.4, 0.5) is 0 Å². The van der Waals surface area contributed by atoms with Crippen molar-refractivity contribution < 1.29 is 0 Å². The van der Waals surface area contributed by atoms with Gasteiger partial charge in [0.25, 0.3) is 0 Å². The van der Waals surface area contributed by atoms with Gasteiger partial charge < -0.3 is 10.6 Å². The number of aromatic nitrogens is 1. The van der Waals surface area contributed by atoms with Gasteiger partial charge in [0.2, 0.25) is 0 Å². The Morgan fingerprint density at radius 3 is 2.88 bits per heavy atom. The van der Waals surface area contributed by atoms with E-state index in [4.69, 9.17) is 10.7 Å². The summed E-state index contributed by atoms with van der Waals surface area (Å²) < 4.78 is 0. The SMILES string of the molecule is CCc1nc(C2(N)CCCN(C)C2)sc1C.